The number of ether oxygens (including phenoxy) is 1. The molecule has 0 radical (unpaired) electrons. The van der Waals surface area contributed by atoms with Crippen LogP contribution in [0.1, 0.15) is 35.8 Å². The van der Waals surface area contributed by atoms with Gasteiger partial charge in [-0.1, -0.05) is 0 Å². The highest BCUT2D eigenvalue weighted by Gasteiger charge is 2.26. The molecule has 6 nitrogen and oxygen atoms in total. The second-order valence-electron chi connectivity index (χ2n) is 6.10. The predicted molar refractivity (Wildman–Crippen MR) is 94.4 cm³/mol. The van der Waals surface area contributed by atoms with E-state index in [1.165, 1.54) is 10.6 Å². The molecule has 1 aliphatic heterocycles. The SMILES string of the molecule is CCN1C(=O)COc2ccc(C(=O)C(C)n3ccc(C)cc3=O)cc21. The molecular formula is C19H20N2O4. The molecule has 1 aliphatic rings. The first-order valence-electron chi connectivity index (χ1n) is 8.22. The van der Waals surface area contributed by atoms with E-state index in [4.69, 9.17) is 4.74 Å². The molecule has 0 saturated carbocycles. The maximum atomic E-state index is 12.8. The Balaban J connectivity index is 1.96. The van der Waals surface area contributed by atoms with Crippen LogP contribution in [0.15, 0.2) is 41.3 Å². The van der Waals surface area contributed by atoms with E-state index in [0.29, 0.717) is 23.5 Å². The molecule has 0 N–H and O–H groups in total. The Bertz CT molecular complexity index is 901. The van der Waals surface area contributed by atoms with Crippen molar-refractivity contribution in [3.05, 3.63) is 58.0 Å². The van der Waals surface area contributed by atoms with Crippen LogP contribution in [0, 0.1) is 6.92 Å². The lowest BCUT2D eigenvalue weighted by atomic mass is 10.0. The lowest BCUT2D eigenvalue weighted by Crippen LogP contribution is -2.38. The number of anilines is 1. The van der Waals surface area contributed by atoms with Crippen molar-refractivity contribution >= 4 is 17.4 Å². The quantitative estimate of drug-likeness (QED) is 0.801. The second-order valence-corrected chi connectivity index (χ2v) is 6.10. The Morgan fingerprint density at radius 1 is 1.24 bits per heavy atom. The van der Waals surface area contributed by atoms with Gasteiger partial charge in [0.2, 0.25) is 0 Å². The molecule has 0 bridgehead atoms. The van der Waals surface area contributed by atoms with Crippen molar-refractivity contribution in [1.29, 1.82) is 0 Å². The molecule has 2 heterocycles. The van der Waals surface area contributed by atoms with Gasteiger partial charge < -0.3 is 14.2 Å². The number of pyridine rings is 1. The molecule has 1 aromatic heterocycles. The number of aromatic nitrogens is 1. The van der Waals surface area contributed by atoms with Gasteiger partial charge in [-0.3, -0.25) is 14.4 Å². The zero-order valence-corrected chi connectivity index (χ0v) is 14.5. The first kappa shape index (κ1) is 17.0. The Kier molecular flexibility index (Phi) is 4.44. The van der Waals surface area contributed by atoms with Crippen molar-refractivity contribution in [3.63, 3.8) is 0 Å². The van der Waals surface area contributed by atoms with Gasteiger partial charge in [0, 0.05) is 24.4 Å². The van der Waals surface area contributed by atoms with Crippen molar-refractivity contribution in [3.8, 4) is 5.75 Å². The van der Waals surface area contributed by atoms with E-state index in [0.717, 1.165) is 5.56 Å². The Hall–Kier alpha value is -2.89. The van der Waals surface area contributed by atoms with Crippen LogP contribution in [0.4, 0.5) is 5.69 Å². The average Bonchev–Trinajstić information content (AvgIpc) is 2.60. The van der Waals surface area contributed by atoms with Gasteiger partial charge >= 0.3 is 0 Å². The summed E-state index contributed by atoms with van der Waals surface area (Å²) in [5.74, 6) is 0.253. The Morgan fingerprint density at radius 3 is 2.68 bits per heavy atom. The number of rotatable bonds is 4. The maximum Gasteiger partial charge on any atom is 0.265 e. The van der Waals surface area contributed by atoms with Gasteiger partial charge in [-0.25, -0.2) is 0 Å². The van der Waals surface area contributed by atoms with Gasteiger partial charge in [0.1, 0.15) is 5.75 Å². The molecule has 130 valence electrons. The molecule has 1 unspecified atom stereocenters. The molecule has 3 rings (SSSR count). The first-order valence-corrected chi connectivity index (χ1v) is 8.22. The molecule has 0 spiro atoms. The van der Waals surface area contributed by atoms with Crippen molar-refractivity contribution in [1.82, 2.24) is 4.57 Å². The van der Waals surface area contributed by atoms with Gasteiger partial charge in [0.25, 0.3) is 11.5 Å². The van der Waals surface area contributed by atoms with Crippen molar-refractivity contribution in [2.24, 2.45) is 0 Å². The van der Waals surface area contributed by atoms with E-state index >= 15 is 0 Å². The number of Topliss-reactive ketones (excluding diaryl/α,β-unsaturated/α-hetero) is 1. The number of benzene rings is 1. The minimum absolute atomic E-state index is 0.00327. The van der Waals surface area contributed by atoms with Crippen LogP contribution >= 0.6 is 0 Å². The number of ketones is 1. The van der Waals surface area contributed by atoms with Crippen LogP contribution in [0.3, 0.4) is 0 Å². The van der Waals surface area contributed by atoms with Crippen LogP contribution in [0.5, 0.6) is 5.75 Å². The summed E-state index contributed by atoms with van der Waals surface area (Å²) in [6.07, 6.45) is 1.63. The second kappa shape index (κ2) is 6.55. The Labute approximate surface area is 145 Å². The molecule has 0 aliphatic carbocycles. The molecule has 1 amide bonds. The summed E-state index contributed by atoms with van der Waals surface area (Å²) in [6.45, 7) is 5.90. The number of fused-ring (bicyclic) bond motifs is 1. The third-order valence-electron chi connectivity index (χ3n) is 4.40. The Morgan fingerprint density at radius 2 is 2.00 bits per heavy atom. The highest BCUT2D eigenvalue weighted by Crippen LogP contribution is 2.33. The highest BCUT2D eigenvalue weighted by molar-refractivity contribution is 6.03. The molecular weight excluding hydrogens is 320 g/mol. The summed E-state index contributed by atoms with van der Waals surface area (Å²) in [4.78, 5) is 38.5. The number of aryl methyl sites for hydroxylation is 1. The van der Waals surface area contributed by atoms with E-state index in [9.17, 15) is 14.4 Å². The van der Waals surface area contributed by atoms with Crippen LogP contribution in [-0.2, 0) is 4.79 Å². The van der Waals surface area contributed by atoms with Crippen molar-refractivity contribution in [2.45, 2.75) is 26.8 Å². The van der Waals surface area contributed by atoms with Crippen LogP contribution in [-0.4, -0.2) is 29.4 Å². The standard InChI is InChI=1S/C19H20N2O4/c1-4-20-15-10-14(5-6-16(15)25-11-18(20)23)19(24)13(3)21-8-7-12(2)9-17(21)22/h5-10,13H,4,11H2,1-3H3. The number of carbonyl (C=O) groups excluding carboxylic acids is 2. The average molecular weight is 340 g/mol. The largest absolute Gasteiger partial charge is 0.482 e. The third-order valence-corrected chi connectivity index (χ3v) is 4.40. The van der Waals surface area contributed by atoms with Gasteiger partial charge in [-0.05, 0) is 50.6 Å². The molecule has 0 fully saturated rings. The summed E-state index contributed by atoms with van der Waals surface area (Å²) >= 11 is 0. The predicted octanol–water partition coefficient (Wildman–Crippen LogP) is 2.35. The van der Waals surface area contributed by atoms with E-state index in [1.54, 1.807) is 42.3 Å². The van der Waals surface area contributed by atoms with E-state index in [2.05, 4.69) is 0 Å². The van der Waals surface area contributed by atoms with E-state index in [-0.39, 0.29) is 23.9 Å². The minimum Gasteiger partial charge on any atom is -0.482 e. The summed E-state index contributed by atoms with van der Waals surface area (Å²) in [6, 6.07) is 7.68. The smallest absolute Gasteiger partial charge is 0.265 e. The number of carbonyl (C=O) groups is 2. The summed E-state index contributed by atoms with van der Waals surface area (Å²) < 4.78 is 6.83. The minimum atomic E-state index is -0.638. The fraction of sp³-hybridized carbons (Fsp3) is 0.316. The van der Waals surface area contributed by atoms with Gasteiger partial charge in [-0.15, -0.1) is 0 Å². The third kappa shape index (κ3) is 3.07. The number of nitrogens with zero attached hydrogens (tertiary/aromatic N) is 2. The fourth-order valence-electron chi connectivity index (χ4n) is 2.98. The topological polar surface area (TPSA) is 68.6 Å². The van der Waals surface area contributed by atoms with Crippen LogP contribution < -0.4 is 15.2 Å². The fourth-order valence-corrected chi connectivity index (χ4v) is 2.98. The van der Waals surface area contributed by atoms with Gasteiger partial charge in [0.15, 0.2) is 12.4 Å². The van der Waals surface area contributed by atoms with E-state index < -0.39 is 6.04 Å². The first-order chi connectivity index (χ1) is 11.9. The lowest BCUT2D eigenvalue weighted by Gasteiger charge is -2.28. The lowest BCUT2D eigenvalue weighted by molar-refractivity contribution is -0.121. The summed E-state index contributed by atoms with van der Waals surface area (Å²) in [5, 5.41) is 0. The number of hydrogen-bond donors (Lipinski definition) is 0. The highest BCUT2D eigenvalue weighted by atomic mass is 16.5. The monoisotopic (exact) mass is 340 g/mol. The number of likely N-dealkylation sites (N-methyl/N-ethyl adjacent to an activating group) is 1. The number of hydrogen-bond acceptors (Lipinski definition) is 4. The zero-order valence-electron chi connectivity index (χ0n) is 14.5. The van der Waals surface area contributed by atoms with Gasteiger partial charge in [0.05, 0.1) is 11.7 Å². The molecule has 1 atom stereocenters. The van der Waals surface area contributed by atoms with Crippen LogP contribution in [0.25, 0.3) is 0 Å². The summed E-state index contributed by atoms with van der Waals surface area (Å²) in [7, 11) is 0. The molecule has 2 aromatic rings. The van der Waals surface area contributed by atoms with Gasteiger partial charge in [-0.2, -0.15) is 0 Å². The molecule has 6 heteroatoms. The van der Waals surface area contributed by atoms with Crippen molar-refractivity contribution in [2.75, 3.05) is 18.1 Å². The molecule has 1 aromatic carbocycles. The number of amides is 1. The zero-order chi connectivity index (χ0) is 18.1. The summed E-state index contributed by atoms with van der Waals surface area (Å²) in [5.41, 5.74) is 1.67. The van der Waals surface area contributed by atoms with E-state index in [1.807, 2.05) is 13.8 Å². The van der Waals surface area contributed by atoms with Crippen molar-refractivity contribution < 1.29 is 14.3 Å². The molecule has 25 heavy (non-hydrogen) atoms. The normalized spacial score (nSPS) is 14.7. The van der Waals surface area contributed by atoms with Crippen LogP contribution in [0.2, 0.25) is 0 Å². The molecule has 0 saturated heterocycles. The maximum absolute atomic E-state index is 12.8.